The Morgan fingerprint density at radius 1 is 1.00 bits per heavy atom. The molecule has 0 amide bonds. The minimum absolute atomic E-state index is 0.475. The minimum atomic E-state index is 0.475. The molecule has 2 aromatic rings. The van der Waals surface area contributed by atoms with Gasteiger partial charge in [-0.15, -0.1) is 0 Å². The van der Waals surface area contributed by atoms with Crippen molar-refractivity contribution in [2.75, 3.05) is 7.11 Å². The molecule has 76 valence electrons. The van der Waals surface area contributed by atoms with E-state index in [1.807, 2.05) is 24.3 Å². The van der Waals surface area contributed by atoms with Gasteiger partial charge in [0, 0.05) is 12.4 Å². The number of nitrogens with zero attached hydrogens (tertiary/aromatic N) is 2. The first kappa shape index (κ1) is 9.45. The van der Waals surface area contributed by atoms with E-state index in [0.717, 1.165) is 5.75 Å². The van der Waals surface area contributed by atoms with Crippen molar-refractivity contribution >= 4 is 0 Å². The fraction of sp³-hybridized carbons (Fsp3) is 0.0909. The van der Waals surface area contributed by atoms with Gasteiger partial charge in [0.15, 0.2) is 0 Å². The molecule has 0 unspecified atom stereocenters. The molecule has 1 aromatic heterocycles. The molecule has 0 N–H and O–H groups in total. The van der Waals surface area contributed by atoms with Gasteiger partial charge in [0.2, 0.25) is 5.88 Å². The maximum atomic E-state index is 5.45. The van der Waals surface area contributed by atoms with Gasteiger partial charge in [0.1, 0.15) is 11.5 Å². The third kappa shape index (κ3) is 2.43. The van der Waals surface area contributed by atoms with Crippen molar-refractivity contribution in [3.05, 3.63) is 42.9 Å². The van der Waals surface area contributed by atoms with Gasteiger partial charge in [0.25, 0.3) is 0 Å². The van der Waals surface area contributed by atoms with Crippen LogP contribution >= 0.6 is 0 Å². The molecule has 2 rings (SSSR count). The molecule has 0 aliphatic carbocycles. The summed E-state index contributed by atoms with van der Waals surface area (Å²) in [5, 5.41) is 0. The van der Waals surface area contributed by atoms with Crippen LogP contribution in [0.5, 0.6) is 17.4 Å². The number of methoxy groups -OCH3 is 1. The van der Waals surface area contributed by atoms with Crippen molar-refractivity contribution in [3.63, 3.8) is 0 Å². The predicted molar refractivity (Wildman–Crippen MR) is 55.1 cm³/mol. The van der Waals surface area contributed by atoms with E-state index in [0.29, 0.717) is 11.6 Å². The summed E-state index contributed by atoms with van der Waals surface area (Å²) in [4.78, 5) is 7.90. The molecule has 0 atom stereocenters. The molecule has 1 heterocycles. The summed E-state index contributed by atoms with van der Waals surface area (Å²) in [5.74, 6) is 1.97. The largest absolute Gasteiger partial charge is 0.497 e. The van der Waals surface area contributed by atoms with Crippen LogP contribution in [-0.2, 0) is 0 Å². The smallest absolute Gasteiger partial charge is 0.237 e. The van der Waals surface area contributed by atoms with Crippen molar-refractivity contribution in [1.29, 1.82) is 0 Å². The Labute approximate surface area is 87.5 Å². The first-order chi connectivity index (χ1) is 7.38. The van der Waals surface area contributed by atoms with E-state index in [1.54, 1.807) is 25.7 Å². The first-order valence-electron chi connectivity index (χ1n) is 4.46. The molecule has 4 heteroatoms. The molecule has 0 fully saturated rings. The standard InChI is InChI=1S/C11H10N2O2/c1-14-9-2-4-10(5-3-9)15-11-8-12-6-7-13-11/h2-8H,1H3. The lowest BCUT2D eigenvalue weighted by molar-refractivity contribution is 0.412. The third-order valence-electron chi connectivity index (χ3n) is 1.82. The average Bonchev–Trinajstić information content (AvgIpc) is 2.31. The maximum absolute atomic E-state index is 5.45. The summed E-state index contributed by atoms with van der Waals surface area (Å²) >= 11 is 0. The zero-order valence-corrected chi connectivity index (χ0v) is 8.25. The highest BCUT2D eigenvalue weighted by Crippen LogP contribution is 2.21. The number of hydrogen-bond acceptors (Lipinski definition) is 4. The molecule has 0 aliphatic rings. The highest BCUT2D eigenvalue weighted by Gasteiger charge is 1.97. The van der Waals surface area contributed by atoms with Gasteiger partial charge in [-0.1, -0.05) is 0 Å². The summed E-state index contributed by atoms with van der Waals surface area (Å²) in [7, 11) is 1.62. The molecule has 0 saturated heterocycles. The quantitative estimate of drug-likeness (QED) is 0.765. The molecular weight excluding hydrogens is 192 g/mol. The molecular formula is C11H10N2O2. The summed E-state index contributed by atoms with van der Waals surface area (Å²) < 4.78 is 10.5. The number of ether oxygens (including phenoxy) is 2. The van der Waals surface area contributed by atoms with Crippen LogP contribution in [0.3, 0.4) is 0 Å². The summed E-state index contributed by atoms with van der Waals surface area (Å²) in [6.07, 6.45) is 4.74. The third-order valence-corrected chi connectivity index (χ3v) is 1.82. The van der Waals surface area contributed by atoms with Gasteiger partial charge in [0.05, 0.1) is 13.3 Å². The van der Waals surface area contributed by atoms with Gasteiger partial charge < -0.3 is 9.47 Å². The van der Waals surface area contributed by atoms with Crippen LogP contribution < -0.4 is 9.47 Å². The van der Waals surface area contributed by atoms with Crippen LogP contribution in [0.4, 0.5) is 0 Å². The highest BCUT2D eigenvalue weighted by molar-refractivity contribution is 5.32. The molecule has 1 aromatic carbocycles. The summed E-state index contributed by atoms with van der Waals surface area (Å²) in [5.41, 5.74) is 0. The van der Waals surface area contributed by atoms with Crippen LogP contribution in [0.2, 0.25) is 0 Å². The Kier molecular flexibility index (Phi) is 2.78. The van der Waals surface area contributed by atoms with Crippen LogP contribution in [0, 0.1) is 0 Å². The highest BCUT2D eigenvalue weighted by atomic mass is 16.5. The molecule has 0 bridgehead atoms. The topological polar surface area (TPSA) is 44.2 Å². The van der Waals surface area contributed by atoms with Crippen LogP contribution in [0.15, 0.2) is 42.9 Å². The zero-order valence-electron chi connectivity index (χ0n) is 8.25. The van der Waals surface area contributed by atoms with Gasteiger partial charge in [-0.25, -0.2) is 4.98 Å². The maximum Gasteiger partial charge on any atom is 0.237 e. The van der Waals surface area contributed by atoms with E-state index < -0.39 is 0 Å². The van der Waals surface area contributed by atoms with Crippen molar-refractivity contribution in [2.24, 2.45) is 0 Å². The Morgan fingerprint density at radius 3 is 2.33 bits per heavy atom. The zero-order chi connectivity index (χ0) is 10.5. The minimum Gasteiger partial charge on any atom is -0.497 e. The number of benzene rings is 1. The first-order valence-corrected chi connectivity index (χ1v) is 4.46. The Balaban J connectivity index is 2.11. The monoisotopic (exact) mass is 202 g/mol. The second-order valence-electron chi connectivity index (χ2n) is 2.82. The van der Waals surface area contributed by atoms with Crippen molar-refractivity contribution in [1.82, 2.24) is 9.97 Å². The molecule has 0 radical (unpaired) electrons. The van der Waals surface area contributed by atoms with E-state index in [4.69, 9.17) is 9.47 Å². The summed E-state index contributed by atoms with van der Waals surface area (Å²) in [6.45, 7) is 0. The van der Waals surface area contributed by atoms with Gasteiger partial charge >= 0.3 is 0 Å². The van der Waals surface area contributed by atoms with Crippen molar-refractivity contribution in [2.45, 2.75) is 0 Å². The van der Waals surface area contributed by atoms with E-state index in [1.165, 1.54) is 0 Å². The second-order valence-corrected chi connectivity index (χ2v) is 2.82. The molecule has 4 nitrogen and oxygen atoms in total. The lowest BCUT2D eigenvalue weighted by Gasteiger charge is -2.04. The Hall–Kier alpha value is -2.10. The van der Waals surface area contributed by atoms with Crippen LogP contribution in [0.1, 0.15) is 0 Å². The van der Waals surface area contributed by atoms with Crippen molar-refractivity contribution < 1.29 is 9.47 Å². The van der Waals surface area contributed by atoms with E-state index >= 15 is 0 Å². The molecule has 0 aliphatic heterocycles. The van der Waals surface area contributed by atoms with Gasteiger partial charge in [-0.3, -0.25) is 4.98 Å². The van der Waals surface area contributed by atoms with Gasteiger partial charge in [-0.05, 0) is 24.3 Å². The Bertz CT molecular complexity index is 414. The van der Waals surface area contributed by atoms with E-state index in [9.17, 15) is 0 Å². The number of hydrogen-bond donors (Lipinski definition) is 0. The van der Waals surface area contributed by atoms with Gasteiger partial charge in [-0.2, -0.15) is 0 Å². The summed E-state index contributed by atoms with van der Waals surface area (Å²) in [6, 6.07) is 7.28. The van der Waals surface area contributed by atoms with E-state index in [-0.39, 0.29) is 0 Å². The fourth-order valence-corrected chi connectivity index (χ4v) is 1.10. The fourth-order valence-electron chi connectivity index (χ4n) is 1.10. The Morgan fingerprint density at radius 2 is 1.73 bits per heavy atom. The average molecular weight is 202 g/mol. The van der Waals surface area contributed by atoms with Crippen LogP contribution in [0.25, 0.3) is 0 Å². The van der Waals surface area contributed by atoms with E-state index in [2.05, 4.69) is 9.97 Å². The normalized spacial score (nSPS) is 9.67. The molecule has 15 heavy (non-hydrogen) atoms. The lowest BCUT2D eigenvalue weighted by atomic mass is 10.3. The predicted octanol–water partition coefficient (Wildman–Crippen LogP) is 2.28. The SMILES string of the molecule is COc1ccc(Oc2cnccn2)cc1. The molecule has 0 spiro atoms. The van der Waals surface area contributed by atoms with Crippen LogP contribution in [-0.4, -0.2) is 17.1 Å². The van der Waals surface area contributed by atoms with Crippen molar-refractivity contribution in [3.8, 4) is 17.4 Å². The lowest BCUT2D eigenvalue weighted by Crippen LogP contribution is -1.88. The second kappa shape index (κ2) is 4.41. The number of aromatic nitrogens is 2. The number of rotatable bonds is 3. The molecule has 0 saturated carbocycles.